The molecule has 0 amide bonds. The molecule has 0 aromatic heterocycles. The third-order valence-electron chi connectivity index (χ3n) is 1.88. The van der Waals surface area contributed by atoms with E-state index in [1.807, 2.05) is 0 Å². The topological polar surface area (TPSA) is 20.2 Å². The molecule has 0 rings (SSSR count). The standard InChI is InChI=1S/C8H19Si.C3H8O.La/c1-4-7-8-9(5-2)6-3;1-3(2)4;/h4-8H2,1-3H3;3-4H,1-2H3;. The molecular weight excluding hydrogens is 315 g/mol. The van der Waals surface area contributed by atoms with Gasteiger partial charge in [0.05, 0.1) is 0 Å². The van der Waals surface area contributed by atoms with E-state index < -0.39 is 0 Å². The maximum Gasteiger partial charge on any atom is 0.0483 e. The molecule has 0 fully saturated rings. The SMILES string of the molecule is CC(C)O.CCCC[Si](CC)CC.[La]. The van der Waals surface area contributed by atoms with Crippen molar-refractivity contribution in [3.05, 3.63) is 0 Å². The first-order chi connectivity index (χ1) is 6.08. The van der Waals surface area contributed by atoms with Gasteiger partial charge < -0.3 is 5.11 Å². The quantitative estimate of drug-likeness (QED) is 0.755. The summed E-state index contributed by atoms with van der Waals surface area (Å²) in [5.74, 6) is 0. The van der Waals surface area contributed by atoms with Gasteiger partial charge in [0, 0.05) is 50.5 Å². The molecule has 1 nitrogen and oxygen atoms in total. The molecule has 0 saturated heterocycles. The molecule has 0 bridgehead atoms. The Balaban J connectivity index is -0.000000209. The number of aliphatic hydroxyl groups excluding tert-OH is 1. The summed E-state index contributed by atoms with van der Waals surface area (Å²) in [6.07, 6.45) is 2.68. The maximum atomic E-state index is 8.06. The smallest absolute Gasteiger partial charge is 0.0483 e. The Morgan fingerprint density at radius 3 is 1.64 bits per heavy atom. The summed E-state index contributed by atoms with van der Waals surface area (Å²) in [6, 6.07) is 4.50. The molecule has 0 atom stereocenters. The van der Waals surface area contributed by atoms with Crippen LogP contribution in [0.5, 0.6) is 0 Å². The van der Waals surface area contributed by atoms with E-state index in [0.717, 1.165) is 0 Å². The van der Waals surface area contributed by atoms with Gasteiger partial charge in [0.25, 0.3) is 0 Å². The van der Waals surface area contributed by atoms with Gasteiger partial charge in [0.15, 0.2) is 0 Å². The van der Waals surface area contributed by atoms with Crippen LogP contribution in [0, 0.1) is 35.6 Å². The zero-order chi connectivity index (χ0) is 10.7. The van der Waals surface area contributed by atoms with Gasteiger partial charge in [-0.25, -0.2) is 0 Å². The normalized spacial score (nSPS) is 9.43. The van der Waals surface area contributed by atoms with Gasteiger partial charge in [0.1, 0.15) is 0 Å². The Morgan fingerprint density at radius 1 is 1.07 bits per heavy atom. The monoisotopic (exact) mass is 342 g/mol. The molecule has 84 valence electrons. The summed E-state index contributed by atoms with van der Waals surface area (Å²) in [5, 5.41) is 8.06. The van der Waals surface area contributed by atoms with Crippen molar-refractivity contribution in [1.82, 2.24) is 0 Å². The van der Waals surface area contributed by atoms with E-state index in [2.05, 4.69) is 20.8 Å². The molecule has 0 unspecified atom stereocenters. The predicted molar refractivity (Wildman–Crippen MR) is 63.8 cm³/mol. The van der Waals surface area contributed by atoms with Gasteiger partial charge in [0.2, 0.25) is 0 Å². The molecule has 0 aliphatic heterocycles. The van der Waals surface area contributed by atoms with Crippen LogP contribution in [0.4, 0.5) is 0 Å². The molecule has 0 aliphatic carbocycles. The van der Waals surface area contributed by atoms with Crippen molar-refractivity contribution in [3.8, 4) is 0 Å². The molecule has 3 heteroatoms. The fourth-order valence-corrected chi connectivity index (χ4v) is 3.09. The molecule has 2 radical (unpaired) electrons. The zero-order valence-corrected chi connectivity index (χ0v) is 15.3. The van der Waals surface area contributed by atoms with Crippen LogP contribution in [0.25, 0.3) is 0 Å². The van der Waals surface area contributed by atoms with Crippen LogP contribution in [-0.2, 0) is 0 Å². The van der Waals surface area contributed by atoms with E-state index in [1.54, 1.807) is 19.9 Å². The minimum atomic E-state index is -0.167. The average Bonchev–Trinajstić information content (AvgIpc) is 2.06. The third kappa shape index (κ3) is 23.3. The van der Waals surface area contributed by atoms with Crippen LogP contribution in [0.1, 0.15) is 47.5 Å². The van der Waals surface area contributed by atoms with Crippen molar-refractivity contribution >= 4 is 8.80 Å². The summed E-state index contributed by atoms with van der Waals surface area (Å²) >= 11 is 0. The molecule has 0 saturated carbocycles. The van der Waals surface area contributed by atoms with Gasteiger partial charge in [-0.3, -0.25) is 0 Å². The van der Waals surface area contributed by atoms with Gasteiger partial charge in [-0.15, -0.1) is 0 Å². The van der Waals surface area contributed by atoms with Crippen LogP contribution in [0.15, 0.2) is 0 Å². The summed E-state index contributed by atoms with van der Waals surface area (Å²) < 4.78 is 0. The van der Waals surface area contributed by atoms with Gasteiger partial charge in [-0.05, 0) is 13.8 Å². The summed E-state index contributed by atoms with van der Waals surface area (Å²) in [7, 11) is 0.114. The van der Waals surface area contributed by atoms with E-state index >= 15 is 0 Å². The number of rotatable bonds is 5. The van der Waals surface area contributed by atoms with Crippen LogP contribution < -0.4 is 0 Å². The molecule has 14 heavy (non-hydrogen) atoms. The maximum absolute atomic E-state index is 8.06. The van der Waals surface area contributed by atoms with Crippen LogP contribution in [0.2, 0.25) is 18.1 Å². The van der Waals surface area contributed by atoms with Gasteiger partial charge in [-0.2, -0.15) is 0 Å². The number of hydrogen-bond acceptors (Lipinski definition) is 1. The Kier molecular flexibility index (Phi) is 24.9. The van der Waals surface area contributed by atoms with Crippen molar-refractivity contribution in [1.29, 1.82) is 0 Å². The third-order valence-corrected chi connectivity index (χ3v) is 4.94. The number of hydrogen-bond donors (Lipinski definition) is 1. The second-order valence-corrected chi connectivity index (χ2v) is 7.07. The first-order valence-electron chi connectivity index (χ1n) is 5.59. The second kappa shape index (κ2) is 16.8. The molecule has 0 aliphatic rings. The van der Waals surface area contributed by atoms with Crippen molar-refractivity contribution in [3.63, 3.8) is 0 Å². The van der Waals surface area contributed by atoms with Gasteiger partial charge >= 0.3 is 0 Å². The fraction of sp³-hybridized carbons (Fsp3) is 1.00. The zero-order valence-electron chi connectivity index (χ0n) is 10.6. The first kappa shape index (κ1) is 20.7. The van der Waals surface area contributed by atoms with E-state index in [1.165, 1.54) is 24.9 Å². The van der Waals surface area contributed by atoms with E-state index in [9.17, 15) is 0 Å². The van der Waals surface area contributed by atoms with Gasteiger partial charge in [-0.1, -0.05) is 51.7 Å². The average molecular weight is 342 g/mol. The minimum Gasteiger partial charge on any atom is -0.394 e. The fourth-order valence-electron chi connectivity index (χ4n) is 1.03. The van der Waals surface area contributed by atoms with Crippen LogP contribution in [-0.4, -0.2) is 20.0 Å². The molecule has 0 aromatic carbocycles. The second-order valence-electron chi connectivity index (χ2n) is 3.65. The largest absolute Gasteiger partial charge is 0.394 e. The molecular formula is C11H27LaOSi. The number of unbranched alkanes of at least 4 members (excludes halogenated alkanes) is 1. The Bertz CT molecular complexity index is 82.6. The molecule has 0 heterocycles. The van der Waals surface area contributed by atoms with E-state index in [0.29, 0.717) is 0 Å². The summed E-state index contributed by atoms with van der Waals surface area (Å²) in [4.78, 5) is 0. The van der Waals surface area contributed by atoms with Crippen molar-refractivity contribution in [2.75, 3.05) is 0 Å². The molecule has 0 spiro atoms. The predicted octanol–water partition coefficient (Wildman–Crippen LogP) is 3.71. The summed E-state index contributed by atoms with van der Waals surface area (Å²) in [5.41, 5.74) is 0. The first-order valence-corrected chi connectivity index (χ1v) is 7.72. The van der Waals surface area contributed by atoms with Crippen LogP contribution >= 0.6 is 0 Å². The van der Waals surface area contributed by atoms with E-state index in [4.69, 9.17) is 5.11 Å². The Hall–Kier alpha value is 1.37. The Morgan fingerprint density at radius 2 is 1.43 bits per heavy atom. The summed E-state index contributed by atoms with van der Waals surface area (Å²) in [6.45, 7) is 10.4. The van der Waals surface area contributed by atoms with Crippen molar-refractivity contribution < 1.29 is 40.7 Å². The molecule has 1 N–H and O–H groups in total. The minimum absolute atomic E-state index is 0. The van der Waals surface area contributed by atoms with Crippen molar-refractivity contribution in [2.45, 2.75) is 71.7 Å². The molecule has 0 aromatic rings. The Labute approximate surface area is 120 Å². The van der Waals surface area contributed by atoms with Crippen LogP contribution in [0.3, 0.4) is 0 Å². The number of aliphatic hydroxyl groups is 1. The van der Waals surface area contributed by atoms with E-state index in [-0.39, 0.29) is 50.5 Å². The van der Waals surface area contributed by atoms with Crippen molar-refractivity contribution in [2.24, 2.45) is 0 Å².